The highest BCUT2D eigenvalue weighted by atomic mass is 16.6. The van der Waals surface area contributed by atoms with Gasteiger partial charge in [0.25, 0.3) is 0 Å². The van der Waals surface area contributed by atoms with Crippen molar-refractivity contribution < 1.29 is 19.1 Å². The maximum atomic E-state index is 12.4. The van der Waals surface area contributed by atoms with Gasteiger partial charge in [0.2, 0.25) is 0 Å². The number of nitrogens with zero attached hydrogens (tertiary/aromatic N) is 3. The van der Waals surface area contributed by atoms with E-state index in [0.29, 0.717) is 32.8 Å². The first-order chi connectivity index (χ1) is 15.8. The highest BCUT2D eigenvalue weighted by Gasteiger charge is 2.28. The molecule has 2 aromatic rings. The lowest BCUT2D eigenvalue weighted by Crippen LogP contribution is -2.48. The second-order valence-corrected chi connectivity index (χ2v) is 9.74. The van der Waals surface area contributed by atoms with Crippen molar-refractivity contribution in [2.24, 2.45) is 0 Å². The van der Waals surface area contributed by atoms with Gasteiger partial charge >= 0.3 is 12.2 Å². The fourth-order valence-corrected chi connectivity index (χ4v) is 4.16. The second kappa shape index (κ2) is 9.83. The van der Waals surface area contributed by atoms with Crippen LogP contribution in [0.15, 0.2) is 48.5 Å². The van der Waals surface area contributed by atoms with Crippen molar-refractivity contribution in [1.82, 2.24) is 14.7 Å². The minimum atomic E-state index is -0.493. The van der Waals surface area contributed by atoms with Crippen LogP contribution in [0, 0.1) is 0 Å². The van der Waals surface area contributed by atoms with E-state index in [9.17, 15) is 9.59 Å². The van der Waals surface area contributed by atoms with Gasteiger partial charge in [-0.15, -0.1) is 0 Å². The number of benzene rings is 2. The molecule has 2 aromatic carbocycles. The molecule has 176 valence electrons. The first-order valence-electron chi connectivity index (χ1n) is 11.5. The lowest BCUT2D eigenvalue weighted by atomic mass is 10.1. The molecule has 0 aliphatic carbocycles. The predicted molar refractivity (Wildman–Crippen MR) is 125 cm³/mol. The molecule has 0 unspecified atom stereocenters. The maximum absolute atomic E-state index is 12.4. The third-order valence-corrected chi connectivity index (χ3v) is 5.89. The van der Waals surface area contributed by atoms with Crippen molar-refractivity contribution in [2.75, 3.05) is 26.2 Å². The average molecular weight is 452 g/mol. The lowest BCUT2D eigenvalue weighted by Gasteiger charge is -2.34. The van der Waals surface area contributed by atoms with Crippen LogP contribution in [-0.2, 0) is 35.7 Å². The molecule has 0 atom stereocenters. The first kappa shape index (κ1) is 23.1. The Balaban J connectivity index is 1.24. The molecule has 0 bridgehead atoms. The summed E-state index contributed by atoms with van der Waals surface area (Å²) in [6, 6.07) is 16.2. The third kappa shape index (κ3) is 6.26. The number of carbonyl (C=O) groups is 2. The van der Waals surface area contributed by atoms with Crippen LogP contribution in [0.4, 0.5) is 9.59 Å². The molecule has 2 aliphatic rings. The largest absolute Gasteiger partial charge is 0.445 e. The van der Waals surface area contributed by atoms with E-state index < -0.39 is 5.60 Å². The molecule has 0 aromatic heterocycles. The molecule has 0 saturated carbocycles. The topological polar surface area (TPSA) is 62.3 Å². The minimum absolute atomic E-state index is 0.252. The van der Waals surface area contributed by atoms with Crippen molar-refractivity contribution in [3.8, 4) is 0 Å². The summed E-state index contributed by atoms with van der Waals surface area (Å²) < 4.78 is 11.0. The van der Waals surface area contributed by atoms with E-state index in [2.05, 4.69) is 23.1 Å². The third-order valence-electron chi connectivity index (χ3n) is 5.89. The maximum Gasteiger partial charge on any atom is 0.410 e. The lowest BCUT2D eigenvalue weighted by molar-refractivity contribution is 0.0241. The Morgan fingerprint density at radius 1 is 0.818 bits per heavy atom. The molecule has 0 radical (unpaired) electrons. The zero-order valence-electron chi connectivity index (χ0n) is 19.8. The zero-order valence-corrected chi connectivity index (χ0v) is 19.8. The number of carbonyl (C=O) groups excluding carboxylic acids is 2. The Morgan fingerprint density at radius 3 is 2.21 bits per heavy atom. The Bertz CT molecular complexity index is 979. The van der Waals surface area contributed by atoms with Crippen LogP contribution >= 0.6 is 0 Å². The van der Waals surface area contributed by atoms with Crippen LogP contribution in [0.25, 0.3) is 0 Å². The summed E-state index contributed by atoms with van der Waals surface area (Å²) in [7, 11) is 0. The summed E-state index contributed by atoms with van der Waals surface area (Å²) in [6.07, 6.45) is -0.520. The SMILES string of the molecule is CC(C)(C)OC(=O)N1Cc2ccc(CN3CCN(C(=O)OCc4ccccc4)CC3)cc2C1. The monoisotopic (exact) mass is 451 g/mol. The molecule has 1 fully saturated rings. The quantitative estimate of drug-likeness (QED) is 0.690. The fourth-order valence-electron chi connectivity index (χ4n) is 4.16. The fraction of sp³-hybridized carbons (Fsp3) is 0.462. The van der Waals surface area contributed by atoms with Crippen LogP contribution in [0.2, 0.25) is 0 Å². The Hall–Kier alpha value is -3.06. The molecule has 7 nitrogen and oxygen atoms in total. The summed E-state index contributed by atoms with van der Waals surface area (Å²) in [6.45, 7) is 10.9. The molecule has 0 spiro atoms. The predicted octanol–water partition coefficient (Wildman–Crippen LogP) is 4.39. The molecule has 2 heterocycles. The van der Waals surface area contributed by atoms with E-state index >= 15 is 0 Å². The average Bonchev–Trinajstić information content (AvgIpc) is 3.21. The molecule has 4 rings (SSSR count). The first-order valence-corrected chi connectivity index (χ1v) is 11.5. The van der Waals surface area contributed by atoms with Crippen LogP contribution in [0.1, 0.15) is 43.0 Å². The van der Waals surface area contributed by atoms with Gasteiger partial charge in [-0.05, 0) is 43.0 Å². The molecule has 0 N–H and O–H groups in total. The van der Waals surface area contributed by atoms with Gasteiger partial charge in [0, 0.05) is 45.8 Å². The van der Waals surface area contributed by atoms with E-state index in [4.69, 9.17) is 9.47 Å². The molecule has 1 saturated heterocycles. The van der Waals surface area contributed by atoms with Gasteiger partial charge < -0.3 is 14.4 Å². The van der Waals surface area contributed by atoms with Gasteiger partial charge in [-0.25, -0.2) is 9.59 Å². The summed E-state index contributed by atoms with van der Waals surface area (Å²) >= 11 is 0. The van der Waals surface area contributed by atoms with Crippen LogP contribution in [0.5, 0.6) is 0 Å². The van der Waals surface area contributed by atoms with E-state index in [1.807, 2.05) is 51.1 Å². The number of fused-ring (bicyclic) bond motifs is 1. The molecule has 2 amide bonds. The van der Waals surface area contributed by atoms with E-state index in [1.165, 1.54) is 16.7 Å². The van der Waals surface area contributed by atoms with Gasteiger partial charge in [-0.3, -0.25) is 9.80 Å². The van der Waals surface area contributed by atoms with Gasteiger partial charge in [-0.2, -0.15) is 0 Å². The van der Waals surface area contributed by atoms with Gasteiger partial charge in [0.05, 0.1) is 0 Å². The van der Waals surface area contributed by atoms with Crippen LogP contribution in [-0.4, -0.2) is 58.7 Å². The minimum Gasteiger partial charge on any atom is -0.445 e. The molecule has 7 heteroatoms. The van der Waals surface area contributed by atoms with Gasteiger partial charge in [-0.1, -0.05) is 48.5 Å². The Morgan fingerprint density at radius 2 is 1.52 bits per heavy atom. The number of piperazine rings is 1. The summed E-state index contributed by atoms with van der Waals surface area (Å²) in [5.41, 5.74) is 4.08. The second-order valence-electron chi connectivity index (χ2n) is 9.74. The van der Waals surface area contributed by atoms with Gasteiger partial charge in [0.15, 0.2) is 0 Å². The summed E-state index contributed by atoms with van der Waals surface area (Å²) in [4.78, 5) is 30.7. The molecular formula is C26H33N3O4. The number of hydrogen-bond acceptors (Lipinski definition) is 5. The van der Waals surface area contributed by atoms with Crippen LogP contribution in [0.3, 0.4) is 0 Å². The van der Waals surface area contributed by atoms with E-state index in [0.717, 1.165) is 25.2 Å². The van der Waals surface area contributed by atoms with Crippen molar-refractivity contribution in [3.63, 3.8) is 0 Å². The van der Waals surface area contributed by atoms with Crippen molar-refractivity contribution in [2.45, 2.75) is 52.6 Å². The Kier molecular flexibility index (Phi) is 6.88. The van der Waals surface area contributed by atoms with Crippen molar-refractivity contribution in [3.05, 3.63) is 70.8 Å². The van der Waals surface area contributed by atoms with E-state index in [-0.39, 0.29) is 12.2 Å². The highest BCUT2D eigenvalue weighted by molar-refractivity contribution is 5.69. The zero-order chi connectivity index (χ0) is 23.4. The number of hydrogen-bond donors (Lipinski definition) is 0. The standard InChI is InChI=1S/C26H33N3O4/c1-26(2,3)33-25(31)29-17-22-10-9-21(15-23(22)18-29)16-27-11-13-28(14-12-27)24(30)32-19-20-7-5-4-6-8-20/h4-10,15H,11-14,16-19H2,1-3H3. The normalized spacial score (nSPS) is 16.5. The number of rotatable bonds is 4. The smallest absolute Gasteiger partial charge is 0.410 e. The molecule has 33 heavy (non-hydrogen) atoms. The van der Waals surface area contributed by atoms with Crippen molar-refractivity contribution >= 4 is 12.2 Å². The van der Waals surface area contributed by atoms with Crippen molar-refractivity contribution in [1.29, 1.82) is 0 Å². The molecule has 2 aliphatic heterocycles. The summed E-state index contributed by atoms with van der Waals surface area (Å²) in [5, 5.41) is 0. The number of ether oxygens (including phenoxy) is 2. The summed E-state index contributed by atoms with van der Waals surface area (Å²) in [5.74, 6) is 0. The number of amides is 2. The Labute approximate surface area is 195 Å². The molecular weight excluding hydrogens is 418 g/mol. The highest BCUT2D eigenvalue weighted by Crippen LogP contribution is 2.26. The van der Waals surface area contributed by atoms with Gasteiger partial charge in [0.1, 0.15) is 12.2 Å². The van der Waals surface area contributed by atoms with E-state index in [1.54, 1.807) is 9.80 Å². The van der Waals surface area contributed by atoms with Crippen LogP contribution < -0.4 is 0 Å².